The molecule has 0 spiro atoms. The summed E-state index contributed by atoms with van der Waals surface area (Å²) < 4.78 is 27.6. The van der Waals surface area contributed by atoms with Gasteiger partial charge >= 0.3 is 5.97 Å². The second kappa shape index (κ2) is 6.13. The highest BCUT2D eigenvalue weighted by Gasteiger charge is 2.21. The quantitative estimate of drug-likeness (QED) is 0.789. The van der Waals surface area contributed by atoms with Crippen molar-refractivity contribution in [3.63, 3.8) is 0 Å². The van der Waals surface area contributed by atoms with Gasteiger partial charge in [0.2, 0.25) is 10.0 Å². The molecule has 2 N–H and O–H groups in total. The van der Waals surface area contributed by atoms with Gasteiger partial charge in [-0.1, -0.05) is 0 Å². The van der Waals surface area contributed by atoms with Crippen LogP contribution in [0.1, 0.15) is 25.3 Å². The summed E-state index contributed by atoms with van der Waals surface area (Å²) in [5.41, 5.74) is 0.385. The zero-order chi connectivity index (χ0) is 15.8. The summed E-state index contributed by atoms with van der Waals surface area (Å²) in [7, 11) is -3.64. The minimum absolute atomic E-state index is 0.0337. The molecule has 0 amide bonds. The summed E-state index contributed by atoms with van der Waals surface area (Å²) in [5, 5.41) is 9.37. The maximum absolute atomic E-state index is 12.2. The van der Waals surface area contributed by atoms with Crippen molar-refractivity contribution in [2.45, 2.75) is 25.3 Å². The Bertz CT molecular complexity index is 794. The molecular weight excluding hydrogens is 400 g/mol. The fourth-order valence-electron chi connectivity index (χ4n) is 1.66. The maximum Gasteiger partial charge on any atom is 0.347 e. The maximum atomic E-state index is 12.2. The first kappa shape index (κ1) is 16.6. The van der Waals surface area contributed by atoms with E-state index in [4.69, 9.17) is 5.11 Å². The number of carboxylic acid groups (broad SMARTS) is 1. The summed E-state index contributed by atoms with van der Waals surface area (Å²) in [5.74, 6) is -1.06. The van der Waals surface area contributed by atoms with Crippen molar-refractivity contribution < 1.29 is 18.3 Å². The van der Waals surface area contributed by atoms with Gasteiger partial charge in [-0.15, -0.1) is 22.7 Å². The highest BCUT2D eigenvalue weighted by Crippen LogP contribution is 2.29. The first-order chi connectivity index (χ1) is 9.70. The topological polar surface area (TPSA) is 96.4 Å². The number of carboxylic acids is 1. The zero-order valence-electron chi connectivity index (χ0n) is 11.0. The van der Waals surface area contributed by atoms with E-state index in [2.05, 4.69) is 25.6 Å². The Morgan fingerprint density at radius 3 is 2.57 bits per heavy atom. The van der Waals surface area contributed by atoms with Gasteiger partial charge in [0.05, 0.1) is 20.9 Å². The molecule has 2 rings (SSSR count). The molecule has 0 fully saturated rings. The van der Waals surface area contributed by atoms with Crippen molar-refractivity contribution >= 4 is 54.6 Å². The molecule has 10 heteroatoms. The van der Waals surface area contributed by atoms with Gasteiger partial charge in [0, 0.05) is 4.88 Å². The third-order valence-electron chi connectivity index (χ3n) is 2.58. The fourth-order valence-corrected chi connectivity index (χ4v) is 5.99. The van der Waals surface area contributed by atoms with Crippen molar-refractivity contribution in [2.75, 3.05) is 0 Å². The first-order valence-corrected chi connectivity index (χ1v) is 9.57. The van der Waals surface area contributed by atoms with Gasteiger partial charge in [0.25, 0.3) is 0 Å². The predicted molar refractivity (Wildman–Crippen MR) is 84.6 cm³/mol. The van der Waals surface area contributed by atoms with E-state index in [1.165, 1.54) is 17.4 Å². The van der Waals surface area contributed by atoms with Crippen LogP contribution in [0.15, 0.2) is 14.7 Å². The van der Waals surface area contributed by atoms with E-state index in [1.54, 1.807) is 13.8 Å². The number of aromatic nitrogens is 1. The average molecular weight is 411 g/mol. The number of aromatic carboxylic acids is 1. The number of halogens is 1. The molecule has 6 nitrogen and oxygen atoms in total. The molecule has 114 valence electrons. The van der Waals surface area contributed by atoms with Crippen molar-refractivity contribution in [3.05, 3.63) is 30.3 Å². The Kier molecular flexibility index (Phi) is 4.83. The van der Waals surface area contributed by atoms with Gasteiger partial charge in [0.15, 0.2) is 0 Å². The molecule has 0 aliphatic carbocycles. The molecule has 0 aliphatic heterocycles. The monoisotopic (exact) mass is 410 g/mol. The van der Waals surface area contributed by atoms with E-state index in [1.807, 2.05) is 0 Å². The lowest BCUT2D eigenvalue weighted by Crippen LogP contribution is -2.23. The molecule has 2 heterocycles. The van der Waals surface area contributed by atoms with E-state index in [0.29, 0.717) is 15.6 Å². The minimum atomic E-state index is -3.64. The largest absolute Gasteiger partial charge is 0.477 e. The smallest absolute Gasteiger partial charge is 0.347 e. The zero-order valence-corrected chi connectivity index (χ0v) is 15.0. The fraction of sp³-hybridized carbons (Fsp3) is 0.273. The average Bonchev–Trinajstić information content (AvgIpc) is 2.90. The van der Waals surface area contributed by atoms with Crippen molar-refractivity contribution in [2.24, 2.45) is 0 Å². The van der Waals surface area contributed by atoms with E-state index < -0.39 is 16.0 Å². The summed E-state index contributed by atoms with van der Waals surface area (Å²) in [6.45, 7) is 3.27. The number of nitrogens with zero attached hydrogens (tertiary/aromatic N) is 1. The van der Waals surface area contributed by atoms with Crippen LogP contribution in [0.25, 0.3) is 0 Å². The van der Waals surface area contributed by atoms with Crippen molar-refractivity contribution in [1.29, 1.82) is 0 Å². The highest BCUT2D eigenvalue weighted by atomic mass is 79.9. The van der Waals surface area contributed by atoms with Crippen LogP contribution in [0, 0.1) is 13.8 Å². The number of nitrogens with one attached hydrogen (secondary N) is 1. The lowest BCUT2D eigenvalue weighted by molar-refractivity contribution is 0.0701. The van der Waals surface area contributed by atoms with Crippen LogP contribution in [0.4, 0.5) is 0 Å². The molecule has 0 unspecified atom stereocenters. The van der Waals surface area contributed by atoms with E-state index >= 15 is 0 Å². The molecule has 0 atom stereocenters. The van der Waals surface area contributed by atoms with Gasteiger partial charge in [-0.05, 0) is 35.8 Å². The molecular formula is C11H11BrN2O4S3. The number of hydrogen-bond acceptors (Lipinski definition) is 6. The second-order valence-corrected chi connectivity index (χ2v) is 9.58. The van der Waals surface area contributed by atoms with Crippen LogP contribution in [0.5, 0.6) is 0 Å². The summed E-state index contributed by atoms with van der Waals surface area (Å²) in [6, 6.07) is 1.54. The number of thiazole rings is 1. The molecule has 0 aromatic carbocycles. The Labute approximate surface area is 138 Å². The number of hydrogen-bond donors (Lipinski definition) is 2. The summed E-state index contributed by atoms with van der Waals surface area (Å²) >= 11 is 5.55. The van der Waals surface area contributed by atoms with E-state index in [-0.39, 0.29) is 16.3 Å². The Morgan fingerprint density at radius 1 is 1.43 bits per heavy atom. The molecule has 0 radical (unpaired) electrons. The van der Waals surface area contributed by atoms with Crippen LogP contribution in [-0.4, -0.2) is 24.5 Å². The predicted octanol–water partition coefficient (Wildman–Crippen LogP) is 2.76. The number of aryl methyl sites for hydroxylation is 2. The van der Waals surface area contributed by atoms with Gasteiger partial charge < -0.3 is 5.11 Å². The van der Waals surface area contributed by atoms with Crippen molar-refractivity contribution in [1.82, 2.24) is 9.71 Å². The van der Waals surface area contributed by atoms with Gasteiger partial charge in [-0.3, -0.25) is 0 Å². The van der Waals surface area contributed by atoms with Gasteiger partial charge in [-0.25, -0.2) is 22.9 Å². The van der Waals surface area contributed by atoms with Crippen LogP contribution >= 0.6 is 38.6 Å². The van der Waals surface area contributed by atoms with E-state index in [9.17, 15) is 13.2 Å². The lowest BCUT2D eigenvalue weighted by Gasteiger charge is -2.04. The van der Waals surface area contributed by atoms with Crippen LogP contribution < -0.4 is 4.72 Å². The van der Waals surface area contributed by atoms with Crippen LogP contribution in [-0.2, 0) is 16.6 Å². The summed E-state index contributed by atoms with van der Waals surface area (Å²) in [4.78, 5) is 16.0. The molecule has 0 saturated carbocycles. The summed E-state index contributed by atoms with van der Waals surface area (Å²) in [6.07, 6.45) is 0. The van der Waals surface area contributed by atoms with Crippen LogP contribution in [0.3, 0.4) is 0 Å². The first-order valence-electron chi connectivity index (χ1n) is 5.66. The highest BCUT2D eigenvalue weighted by molar-refractivity contribution is 9.11. The minimum Gasteiger partial charge on any atom is -0.477 e. The lowest BCUT2D eigenvalue weighted by atomic mass is 10.4. The number of rotatable bonds is 5. The molecule has 2 aromatic heterocycles. The molecule has 2 aromatic rings. The number of carbonyl (C=O) groups is 1. The Hall–Kier alpha value is -0.810. The molecule has 0 bridgehead atoms. The second-order valence-electron chi connectivity index (χ2n) is 4.12. The van der Waals surface area contributed by atoms with Crippen LogP contribution in [0.2, 0.25) is 0 Å². The van der Waals surface area contributed by atoms with E-state index in [0.717, 1.165) is 15.1 Å². The standard InChI is InChI=1S/C11H11BrN2O4S3/c1-5-10(11(15)16)20-9(14-5)4-13-21(17,18)7-3-8(12)19-6(7)2/h3,13H,4H2,1-2H3,(H,15,16). The third-order valence-corrected chi connectivity index (χ3v) is 6.94. The SMILES string of the molecule is Cc1nc(CNS(=O)(=O)c2cc(Br)sc2C)sc1C(=O)O. The van der Waals surface area contributed by atoms with Gasteiger partial charge in [-0.2, -0.15) is 0 Å². The normalized spacial score (nSPS) is 11.8. The third kappa shape index (κ3) is 3.69. The number of thiophene rings is 1. The van der Waals surface area contributed by atoms with Crippen molar-refractivity contribution in [3.8, 4) is 0 Å². The van der Waals surface area contributed by atoms with Gasteiger partial charge in [0.1, 0.15) is 9.88 Å². The molecule has 0 saturated heterocycles. The Balaban J connectivity index is 2.17. The number of sulfonamides is 1. The Morgan fingerprint density at radius 2 is 2.10 bits per heavy atom. The molecule has 21 heavy (non-hydrogen) atoms. The molecule has 0 aliphatic rings.